The second-order valence-corrected chi connectivity index (χ2v) is 5.46. The second-order valence-electron chi connectivity index (χ2n) is 4.70. The number of hydrogen-bond donors (Lipinski definition) is 1. The molecule has 1 aliphatic heterocycles. The smallest absolute Gasteiger partial charge is 0.326 e. The number of rotatable bonds is 5. The number of carbonyl (C=O) groups excluding carboxylic acids is 1. The number of carboxylic acids is 1. The van der Waals surface area contributed by atoms with E-state index in [1.165, 1.54) is 12.0 Å². The number of nitrogens with zero attached hydrogens (tertiary/aromatic N) is 3. The molecule has 1 saturated heterocycles. The minimum absolute atomic E-state index is 0.240. The third-order valence-electron chi connectivity index (χ3n) is 3.38. The van der Waals surface area contributed by atoms with Gasteiger partial charge < -0.3 is 14.7 Å². The number of hydrogen-bond acceptors (Lipinski definition) is 6. The molecule has 2 atom stereocenters. The lowest BCUT2D eigenvalue weighted by molar-refractivity contribution is -0.141. The van der Waals surface area contributed by atoms with E-state index in [0.717, 1.165) is 18.0 Å². The Bertz CT molecular complexity index is 505. The van der Waals surface area contributed by atoms with Crippen molar-refractivity contribution in [2.45, 2.75) is 38.3 Å². The van der Waals surface area contributed by atoms with Crippen LogP contribution in [-0.2, 0) is 16.0 Å². The summed E-state index contributed by atoms with van der Waals surface area (Å²) in [5.74, 6) is -1.32. The zero-order valence-corrected chi connectivity index (χ0v) is 12.2. The molecule has 8 heteroatoms. The molecule has 1 aromatic rings. The summed E-state index contributed by atoms with van der Waals surface area (Å²) in [5.41, 5.74) is 0.646. The van der Waals surface area contributed by atoms with Crippen molar-refractivity contribution in [1.82, 2.24) is 14.5 Å². The standard InChI is InChI=1S/C12H17N3O4S/c1-3-4-8-10(20-14-13-8)11(16)15-6-7(19-2)5-9(15)12(17)18/h7,9H,3-6H2,1-2H3,(H,17,18). The molecule has 0 aromatic carbocycles. The van der Waals surface area contributed by atoms with Crippen LogP contribution in [0.1, 0.15) is 35.1 Å². The number of aryl methyl sites for hydroxylation is 1. The molecule has 1 amide bonds. The van der Waals surface area contributed by atoms with E-state index in [-0.39, 0.29) is 18.6 Å². The van der Waals surface area contributed by atoms with Gasteiger partial charge in [0.2, 0.25) is 0 Å². The Hall–Kier alpha value is -1.54. The Morgan fingerprint density at radius 3 is 2.90 bits per heavy atom. The van der Waals surface area contributed by atoms with Crippen molar-refractivity contribution >= 4 is 23.4 Å². The normalized spacial score (nSPS) is 22.2. The highest BCUT2D eigenvalue weighted by Gasteiger charge is 2.41. The maximum atomic E-state index is 12.5. The predicted molar refractivity (Wildman–Crippen MR) is 71.8 cm³/mol. The number of aliphatic carboxylic acids is 1. The first-order chi connectivity index (χ1) is 9.58. The minimum Gasteiger partial charge on any atom is -0.480 e. The highest BCUT2D eigenvalue weighted by Crippen LogP contribution is 2.25. The van der Waals surface area contributed by atoms with Crippen LogP contribution in [0.5, 0.6) is 0 Å². The molecule has 20 heavy (non-hydrogen) atoms. The van der Waals surface area contributed by atoms with E-state index in [0.29, 0.717) is 23.4 Å². The lowest BCUT2D eigenvalue weighted by Gasteiger charge is -2.20. The number of likely N-dealkylation sites (tertiary alicyclic amines) is 1. The Balaban J connectivity index is 2.22. The molecule has 0 radical (unpaired) electrons. The Morgan fingerprint density at radius 1 is 1.55 bits per heavy atom. The van der Waals surface area contributed by atoms with E-state index >= 15 is 0 Å². The van der Waals surface area contributed by atoms with Crippen LogP contribution in [0.2, 0.25) is 0 Å². The summed E-state index contributed by atoms with van der Waals surface area (Å²) in [7, 11) is 1.52. The van der Waals surface area contributed by atoms with Gasteiger partial charge in [0, 0.05) is 20.1 Å². The van der Waals surface area contributed by atoms with Gasteiger partial charge in [-0.3, -0.25) is 4.79 Å². The van der Waals surface area contributed by atoms with Crippen LogP contribution in [0.25, 0.3) is 0 Å². The largest absolute Gasteiger partial charge is 0.480 e. The van der Waals surface area contributed by atoms with Gasteiger partial charge in [0.1, 0.15) is 10.9 Å². The number of amides is 1. The van der Waals surface area contributed by atoms with Gasteiger partial charge in [-0.25, -0.2) is 4.79 Å². The van der Waals surface area contributed by atoms with Crippen LogP contribution in [0.4, 0.5) is 0 Å². The number of carboxylic acid groups (broad SMARTS) is 1. The first-order valence-electron chi connectivity index (χ1n) is 6.46. The molecular weight excluding hydrogens is 282 g/mol. The summed E-state index contributed by atoms with van der Waals surface area (Å²) in [4.78, 5) is 25.6. The molecule has 7 nitrogen and oxygen atoms in total. The summed E-state index contributed by atoms with van der Waals surface area (Å²) in [6.45, 7) is 2.28. The molecule has 2 heterocycles. The van der Waals surface area contributed by atoms with Gasteiger partial charge in [-0.1, -0.05) is 17.8 Å². The molecule has 1 fully saturated rings. The fourth-order valence-corrected chi connectivity index (χ4v) is 2.99. The van der Waals surface area contributed by atoms with Crippen LogP contribution in [0.3, 0.4) is 0 Å². The van der Waals surface area contributed by atoms with E-state index in [1.807, 2.05) is 6.92 Å². The van der Waals surface area contributed by atoms with E-state index < -0.39 is 12.0 Å². The molecule has 1 aromatic heterocycles. The van der Waals surface area contributed by atoms with Crippen molar-refractivity contribution in [2.24, 2.45) is 0 Å². The molecule has 2 rings (SSSR count). The maximum Gasteiger partial charge on any atom is 0.326 e. The van der Waals surface area contributed by atoms with Crippen LogP contribution in [0, 0.1) is 0 Å². The molecule has 0 aliphatic carbocycles. The molecule has 1 aliphatic rings. The zero-order chi connectivity index (χ0) is 14.7. The summed E-state index contributed by atoms with van der Waals surface area (Å²) in [6.07, 6.45) is 1.59. The van der Waals surface area contributed by atoms with Crippen molar-refractivity contribution in [1.29, 1.82) is 0 Å². The number of methoxy groups -OCH3 is 1. The van der Waals surface area contributed by atoms with Crippen molar-refractivity contribution in [3.63, 3.8) is 0 Å². The fraction of sp³-hybridized carbons (Fsp3) is 0.667. The number of ether oxygens (including phenoxy) is 1. The Labute approximate surface area is 120 Å². The lowest BCUT2D eigenvalue weighted by atomic mass is 10.2. The van der Waals surface area contributed by atoms with Crippen LogP contribution < -0.4 is 0 Å². The van der Waals surface area contributed by atoms with Crippen LogP contribution in [-0.4, -0.2) is 57.3 Å². The molecular formula is C12H17N3O4S. The Kier molecular flexibility index (Phi) is 4.66. The maximum absolute atomic E-state index is 12.5. The highest BCUT2D eigenvalue weighted by atomic mass is 32.1. The molecule has 0 bridgehead atoms. The van der Waals surface area contributed by atoms with Gasteiger partial charge in [0.15, 0.2) is 0 Å². The van der Waals surface area contributed by atoms with E-state index in [4.69, 9.17) is 4.74 Å². The third-order valence-corrected chi connectivity index (χ3v) is 4.13. The van der Waals surface area contributed by atoms with Gasteiger partial charge in [-0.05, 0) is 18.0 Å². The monoisotopic (exact) mass is 299 g/mol. The lowest BCUT2D eigenvalue weighted by Crippen LogP contribution is -2.40. The van der Waals surface area contributed by atoms with E-state index in [9.17, 15) is 14.7 Å². The van der Waals surface area contributed by atoms with Crippen LogP contribution >= 0.6 is 11.5 Å². The first-order valence-corrected chi connectivity index (χ1v) is 7.23. The topological polar surface area (TPSA) is 92.6 Å². The van der Waals surface area contributed by atoms with Gasteiger partial charge >= 0.3 is 5.97 Å². The van der Waals surface area contributed by atoms with Crippen LogP contribution in [0.15, 0.2) is 0 Å². The highest BCUT2D eigenvalue weighted by molar-refractivity contribution is 7.08. The molecule has 2 unspecified atom stereocenters. The van der Waals surface area contributed by atoms with Crippen molar-refractivity contribution in [3.05, 3.63) is 10.6 Å². The fourth-order valence-electron chi connectivity index (χ4n) is 2.33. The third kappa shape index (κ3) is 2.80. The van der Waals surface area contributed by atoms with Gasteiger partial charge in [-0.2, -0.15) is 0 Å². The summed E-state index contributed by atoms with van der Waals surface area (Å²) < 4.78 is 8.99. The SMILES string of the molecule is CCCc1nnsc1C(=O)N1CC(OC)CC1C(=O)O. The minimum atomic E-state index is -1.01. The number of carbonyl (C=O) groups is 2. The van der Waals surface area contributed by atoms with Gasteiger partial charge in [-0.15, -0.1) is 5.10 Å². The Morgan fingerprint density at radius 2 is 2.30 bits per heavy atom. The van der Waals surface area contributed by atoms with Gasteiger partial charge in [0.05, 0.1) is 11.8 Å². The van der Waals surface area contributed by atoms with E-state index in [1.54, 1.807) is 0 Å². The van der Waals surface area contributed by atoms with Crippen molar-refractivity contribution in [3.8, 4) is 0 Å². The summed E-state index contributed by atoms with van der Waals surface area (Å²) in [5, 5.41) is 13.2. The average Bonchev–Trinajstić information content (AvgIpc) is 3.04. The second kappa shape index (κ2) is 6.27. The van der Waals surface area contributed by atoms with Gasteiger partial charge in [0.25, 0.3) is 5.91 Å². The molecule has 110 valence electrons. The summed E-state index contributed by atoms with van der Waals surface area (Å²) >= 11 is 1.02. The summed E-state index contributed by atoms with van der Waals surface area (Å²) in [6, 6.07) is -0.843. The molecule has 1 N–H and O–H groups in total. The molecule has 0 spiro atoms. The van der Waals surface area contributed by atoms with Crippen molar-refractivity contribution < 1.29 is 19.4 Å². The predicted octanol–water partition coefficient (Wildman–Crippen LogP) is 0.805. The average molecular weight is 299 g/mol. The first kappa shape index (κ1) is 14.9. The molecule has 0 saturated carbocycles. The van der Waals surface area contributed by atoms with E-state index in [2.05, 4.69) is 9.59 Å². The zero-order valence-electron chi connectivity index (χ0n) is 11.4. The number of aromatic nitrogens is 2. The van der Waals surface area contributed by atoms with Crippen molar-refractivity contribution in [2.75, 3.05) is 13.7 Å². The quantitative estimate of drug-likeness (QED) is 0.864.